The van der Waals surface area contributed by atoms with Crippen molar-refractivity contribution in [2.24, 2.45) is 7.05 Å². The van der Waals surface area contributed by atoms with Gasteiger partial charge in [0, 0.05) is 29.9 Å². The maximum Gasteiger partial charge on any atom is 0.259 e. The lowest BCUT2D eigenvalue weighted by Crippen LogP contribution is -2.40. The molecule has 2 N–H and O–H groups in total. The van der Waals surface area contributed by atoms with E-state index in [1.807, 2.05) is 12.1 Å². The highest BCUT2D eigenvalue weighted by Gasteiger charge is 2.20. The predicted molar refractivity (Wildman–Crippen MR) is 125 cm³/mol. The molecule has 1 saturated heterocycles. The number of fused-ring (bicyclic) bond motifs is 1. The van der Waals surface area contributed by atoms with Crippen LogP contribution in [0.1, 0.15) is 31.4 Å². The number of aryl methyl sites for hydroxylation is 2. The Balaban J connectivity index is 0.000000535. The minimum Gasteiger partial charge on any atom is -0.377 e. The van der Waals surface area contributed by atoms with Crippen LogP contribution in [-0.4, -0.2) is 39.5 Å². The Morgan fingerprint density at radius 2 is 1.94 bits per heavy atom. The zero-order valence-corrected chi connectivity index (χ0v) is 18.3. The summed E-state index contributed by atoms with van der Waals surface area (Å²) in [5.74, 6) is 0.525. The first kappa shape index (κ1) is 20.9. The molecule has 31 heavy (non-hydrogen) atoms. The van der Waals surface area contributed by atoms with Gasteiger partial charge in [-0.3, -0.25) is 9.36 Å². The zero-order chi connectivity index (χ0) is 22.1. The van der Waals surface area contributed by atoms with Crippen LogP contribution in [0.15, 0.2) is 41.3 Å². The van der Waals surface area contributed by atoms with Crippen molar-refractivity contribution in [3.8, 4) is 11.1 Å². The highest BCUT2D eigenvalue weighted by atomic mass is 16.5. The van der Waals surface area contributed by atoms with Gasteiger partial charge < -0.3 is 15.5 Å². The smallest absolute Gasteiger partial charge is 0.259 e. The molecule has 0 spiro atoms. The van der Waals surface area contributed by atoms with Gasteiger partial charge in [-0.1, -0.05) is 24.3 Å². The minimum atomic E-state index is -0.0550. The van der Waals surface area contributed by atoms with Crippen molar-refractivity contribution < 1.29 is 4.74 Å². The first-order chi connectivity index (χ1) is 14.8. The Labute approximate surface area is 181 Å². The number of aromatic nitrogens is 3. The summed E-state index contributed by atoms with van der Waals surface area (Å²) in [4.78, 5) is 22.0. The third kappa shape index (κ3) is 4.56. The summed E-state index contributed by atoms with van der Waals surface area (Å²) in [6, 6.07) is 8.42. The van der Waals surface area contributed by atoms with Gasteiger partial charge in [0.1, 0.15) is 5.65 Å². The topological polar surface area (TPSA) is 92.9 Å². The van der Waals surface area contributed by atoms with Crippen molar-refractivity contribution in [1.82, 2.24) is 14.5 Å². The highest BCUT2D eigenvalue weighted by Crippen LogP contribution is 2.33. The Hall–Kier alpha value is -3.32. The number of nitrogens with zero attached hydrogens (tertiary/aromatic N) is 3. The molecule has 7 nitrogen and oxygen atoms in total. The van der Waals surface area contributed by atoms with E-state index in [9.17, 15) is 4.79 Å². The SMILES string of the molecule is CC(C)=N.Cc1cc(C2=CC2)ccc1-c1cc2cnc(NC3COC3)nc2n(C)c1=O. The highest BCUT2D eigenvalue weighted by molar-refractivity contribution is 5.84. The molecule has 1 aliphatic carbocycles. The molecule has 1 aliphatic heterocycles. The summed E-state index contributed by atoms with van der Waals surface area (Å²) < 4.78 is 6.77. The van der Waals surface area contributed by atoms with Crippen LogP contribution in [0.4, 0.5) is 5.95 Å². The van der Waals surface area contributed by atoms with Crippen LogP contribution in [-0.2, 0) is 11.8 Å². The first-order valence-corrected chi connectivity index (χ1v) is 10.4. The standard InChI is InChI=1S/C21H20N4O2.C3H7N/c1-12-7-14(13-3-4-13)5-6-17(12)18-8-15-9-22-21(23-16-10-27-11-16)24-19(15)25(2)20(18)26;1-3(2)4/h3,5-9,16H,4,10-11H2,1-2H3,(H,22,23,24);4H,1-2H3. The fraction of sp³-hybridized carbons (Fsp3) is 0.333. The maximum absolute atomic E-state index is 13.0. The van der Waals surface area contributed by atoms with Crippen LogP contribution < -0.4 is 10.9 Å². The van der Waals surface area contributed by atoms with Gasteiger partial charge in [0.2, 0.25) is 5.95 Å². The van der Waals surface area contributed by atoms with E-state index in [1.54, 1.807) is 31.7 Å². The van der Waals surface area contributed by atoms with E-state index in [1.165, 1.54) is 11.1 Å². The largest absolute Gasteiger partial charge is 0.377 e. The molecule has 0 bridgehead atoms. The van der Waals surface area contributed by atoms with E-state index in [2.05, 4.69) is 40.4 Å². The minimum absolute atomic E-state index is 0.0550. The van der Waals surface area contributed by atoms with Gasteiger partial charge in [0.15, 0.2) is 0 Å². The average molecular weight is 418 g/mol. The number of ether oxygens (including phenoxy) is 1. The summed E-state index contributed by atoms with van der Waals surface area (Å²) in [7, 11) is 1.76. The fourth-order valence-electron chi connectivity index (χ4n) is 3.46. The lowest BCUT2D eigenvalue weighted by atomic mass is 9.98. The molecule has 0 amide bonds. The molecule has 0 unspecified atom stereocenters. The van der Waals surface area contributed by atoms with Crippen LogP contribution in [0.25, 0.3) is 27.7 Å². The number of pyridine rings is 1. The van der Waals surface area contributed by atoms with Crippen molar-refractivity contribution >= 4 is 28.3 Å². The van der Waals surface area contributed by atoms with E-state index in [0.717, 1.165) is 22.9 Å². The van der Waals surface area contributed by atoms with E-state index in [0.29, 0.717) is 36.1 Å². The van der Waals surface area contributed by atoms with E-state index < -0.39 is 0 Å². The number of hydrogen-bond acceptors (Lipinski definition) is 6. The predicted octanol–water partition coefficient (Wildman–Crippen LogP) is 3.95. The molecule has 3 heterocycles. The van der Waals surface area contributed by atoms with Crippen molar-refractivity contribution in [1.29, 1.82) is 5.41 Å². The molecule has 5 rings (SSSR count). The number of hydrogen-bond donors (Lipinski definition) is 2. The Morgan fingerprint density at radius 3 is 2.52 bits per heavy atom. The summed E-state index contributed by atoms with van der Waals surface area (Å²) in [6.45, 7) is 6.87. The summed E-state index contributed by atoms with van der Waals surface area (Å²) in [5, 5.41) is 10.6. The lowest BCUT2D eigenvalue weighted by Gasteiger charge is -2.26. The van der Waals surface area contributed by atoms with Crippen molar-refractivity contribution in [2.45, 2.75) is 33.2 Å². The van der Waals surface area contributed by atoms with Gasteiger partial charge in [-0.25, -0.2) is 4.98 Å². The fourth-order valence-corrected chi connectivity index (χ4v) is 3.46. The number of benzene rings is 1. The third-order valence-corrected chi connectivity index (χ3v) is 5.22. The number of rotatable bonds is 4. The van der Waals surface area contributed by atoms with Gasteiger partial charge >= 0.3 is 0 Å². The maximum atomic E-state index is 13.0. The molecular formula is C24H27N5O2. The molecule has 160 valence electrons. The molecule has 0 atom stereocenters. The van der Waals surface area contributed by atoms with E-state index in [4.69, 9.17) is 10.1 Å². The summed E-state index contributed by atoms with van der Waals surface area (Å²) >= 11 is 0. The number of allylic oxidation sites excluding steroid dienone is 2. The first-order valence-electron chi connectivity index (χ1n) is 10.4. The summed E-state index contributed by atoms with van der Waals surface area (Å²) in [6.07, 6.45) is 5.05. The molecular weight excluding hydrogens is 390 g/mol. The normalized spacial score (nSPS) is 14.9. The molecule has 0 saturated carbocycles. The summed E-state index contributed by atoms with van der Waals surface area (Å²) in [5.41, 5.74) is 6.58. The molecule has 2 aliphatic rings. The van der Waals surface area contributed by atoms with Crippen molar-refractivity contribution in [3.05, 3.63) is 58.0 Å². The molecule has 2 aromatic heterocycles. The molecule has 0 radical (unpaired) electrons. The molecule has 1 fully saturated rings. The van der Waals surface area contributed by atoms with Gasteiger partial charge in [0.05, 0.1) is 19.3 Å². The van der Waals surface area contributed by atoms with E-state index in [-0.39, 0.29) is 11.6 Å². The monoisotopic (exact) mass is 417 g/mol. The Bertz CT molecular complexity index is 1250. The number of anilines is 1. The second kappa shape index (κ2) is 8.43. The van der Waals surface area contributed by atoms with Crippen molar-refractivity contribution in [2.75, 3.05) is 18.5 Å². The van der Waals surface area contributed by atoms with Crippen LogP contribution in [0.3, 0.4) is 0 Å². The molecule has 1 aromatic carbocycles. The van der Waals surface area contributed by atoms with Crippen LogP contribution in [0.5, 0.6) is 0 Å². The lowest BCUT2D eigenvalue weighted by molar-refractivity contribution is 0.0208. The second-order valence-electron chi connectivity index (χ2n) is 8.24. The number of nitrogens with one attached hydrogen (secondary N) is 2. The Kier molecular flexibility index (Phi) is 5.69. The zero-order valence-electron chi connectivity index (χ0n) is 18.3. The van der Waals surface area contributed by atoms with Crippen LogP contribution in [0, 0.1) is 12.3 Å². The Morgan fingerprint density at radius 1 is 1.23 bits per heavy atom. The average Bonchev–Trinajstić information content (AvgIpc) is 3.53. The molecule has 7 heteroatoms. The van der Waals surface area contributed by atoms with Crippen molar-refractivity contribution in [3.63, 3.8) is 0 Å². The van der Waals surface area contributed by atoms with E-state index >= 15 is 0 Å². The van der Waals surface area contributed by atoms with Gasteiger partial charge in [-0.05, 0) is 55.5 Å². The van der Waals surface area contributed by atoms with Gasteiger partial charge in [-0.15, -0.1) is 0 Å². The van der Waals surface area contributed by atoms with Crippen LogP contribution >= 0.6 is 0 Å². The second-order valence-corrected chi connectivity index (χ2v) is 8.24. The quantitative estimate of drug-likeness (QED) is 0.627. The van der Waals surface area contributed by atoms with Crippen LogP contribution in [0.2, 0.25) is 0 Å². The van der Waals surface area contributed by atoms with Gasteiger partial charge in [0.25, 0.3) is 5.56 Å². The molecule has 3 aromatic rings. The van der Waals surface area contributed by atoms with Gasteiger partial charge in [-0.2, -0.15) is 4.98 Å². The third-order valence-electron chi connectivity index (χ3n) is 5.22.